The van der Waals surface area contributed by atoms with Gasteiger partial charge < -0.3 is 4.90 Å². The topological polar surface area (TPSA) is 3.24 Å². The van der Waals surface area contributed by atoms with Crippen LogP contribution in [0.25, 0.3) is 54.9 Å². The van der Waals surface area contributed by atoms with E-state index in [-0.39, 0.29) is 0 Å². The molecule has 0 spiro atoms. The molecular weight excluding hydrogens is 715 g/mol. The van der Waals surface area contributed by atoms with Crippen LogP contribution in [0.4, 0.5) is 17.1 Å². The normalized spacial score (nSPS) is 12.6. The Balaban J connectivity index is 1.18. The van der Waals surface area contributed by atoms with E-state index in [1.54, 1.807) is 0 Å². The lowest BCUT2D eigenvalue weighted by molar-refractivity contribution is 1.29. The Kier molecular flexibility index (Phi) is 8.23. The van der Waals surface area contributed by atoms with Gasteiger partial charge in [-0.25, -0.2) is 0 Å². The van der Waals surface area contributed by atoms with E-state index in [9.17, 15) is 0 Å². The van der Waals surface area contributed by atoms with Crippen molar-refractivity contribution >= 4 is 67.4 Å². The number of rotatable bonds is 7. The predicted molar refractivity (Wildman–Crippen MR) is 250 cm³/mol. The lowest BCUT2D eigenvalue weighted by Gasteiger charge is -2.33. The number of anilines is 3. The standard InChI is InChI=1S/C56H39NSi/c1-5-19-40(20-6-1)48-32-17-22-42-23-18-33-49(54(42)48)41-35-37-45(38-36-41)57(44-24-7-2-8-25-44)52-39-43-21-13-14-30-50(43)56-55(52)51-31-15-16-34-53(51)58(56,46-26-9-3-10-27-46)47-28-11-4-12-29-47/h1-39H. The van der Waals surface area contributed by atoms with Gasteiger partial charge in [0.25, 0.3) is 0 Å². The average Bonchev–Trinajstić information content (AvgIpc) is 3.63. The molecule has 0 N–H and O–H groups in total. The zero-order valence-corrected chi connectivity index (χ0v) is 33.0. The molecule has 0 unspecified atom stereocenters. The second kappa shape index (κ2) is 14.0. The first-order valence-electron chi connectivity index (χ1n) is 20.1. The Labute approximate surface area is 340 Å². The zero-order chi connectivity index (χ0) is 38.5. The third-order valence-electron chi connectivity index (χ3n) is 12.1. The van der Waals surface area contributed by atoms with Crippen molar-refractivity contribution in [3.8, 4) is 33.4 Å². The van der Waals surface area contributed by atoms with E-state index in [1.807, 2.05) is 0 Å². The summed E-state index contributed by atoms with van der Waals surface area (Å²) in [6.45, 7) is 0. The molecule has 0 saturated heterocycles. The van der Waals surface area contributed by atoms with Crippen LogP contribution in [0.5, 0.6) is 0 Å². The summed E-state index contributed by atoms with van der Waals surface area (Å²) >= 11 is 0. The van der Waals surface area contributed by atoms with Crippen molar-refractivity contribution in [2.45, 2.75) is 0 Å². The minimum atomic E-state index is -2.81. The Morgan fingerprint density at radius 1 is 0.345 bits per heavy atom. The van der Waals surface area contributed by atoms with Gasteiger partial charge in [-0.15, -0.1) is 0 Å². The smallest absolute Gasteiger partial charge is 0.181 e. The first-order chi connectivity index (χ1) is 28.8. The molecule has 1 aliphatic heterocycles. The molecule has 0 aliphatic carbocycles. The third-order valence-corrected chi connectivity index (χ3v) is 17.0. The van der Waals surface area contributed by atoms with Gasteiger partial charge in [0.05, 0.1) is 5.69 Å². The van der Waals surface area contributed by atoms with Crippen LogP contribution in [0.15, 0.2) is 237 Å². The summed E-state index contributed by atoms with van der Waals surface area (Å²) in [5.74, 6) is 0. The van der Waals surface area contributed by atoms with Crippen molar-refractivity contribution in [1.29, 1.82) is 0 Å². The molecule has 2 heteroatoms. The number of nitrogens with zero attached hydrogens (tertiary/aromatic N) is 1. The second-order valence-electron chi connectivity index (χ2n) is 15.2. The third kappa shape index (κ3) is 5.30. The van der Waals surface area contributed by atoms with Crippen LogP contribution in [-0.4, -0.2) is 8.07 Å². The van der Waals surface area contributed by atoms with E-state index < -0.39 is 8.07 Å². The summed E-state index contributed by atoms with van der Waals surface area (Å²) in [6, 6.07) is 87.6. The highest BCUT2D eigenvalue weighted by atomic mass is 28.3. The maximum absolute atomic E-state index is 2.81. The molecule has 1 heterocycles. The Morgan fingerprint density at radius 2 is 0.828 bits per heavy atom. The summed E-state index contributed by atoms with van der Waals surface area (Å²) in [5, 5.41) is 10.8. The highest BCUT2D eigenvalue weighted by Gasteiger charge is 2.50. The second-order valence-corrected chi connectivity index (χ2v) is 18.9. The minimum absolute atomic E-state index is 1.12. The van der Waals surface area contributed by atoms with E-state index >= 15 is 0 Å². The summed E-state index contributed by atoms with van der Waals surface area (Å²) in [7, 11) is -2.81. The molecule has 58 heavy (non-hydrogen) atoms. The van der Waals surface area contributed by atoms with Crippen molar-refractivity contribution in [2.75, 3.05) is 4.90 Å². The molecule has 10 aromatic rings. The molecule has 0 radical (unpaired) electrons. The van der Waals surface area contributed by atoms with E-state index in [0.29, 0.717) is 0 Å². The summed E-state index contributed by atoms with van der Waals surface area (Å²) in [5.41, 5.74) is 11.0. The van der Waals surface area contributed by atoms with Gasteiger partial charge in [0.1, 0.15) is 0 Å². The van der Waals surface area contributed by atoms with Crippen molar-refractivity contribution in [1.82, 2.24) is 0 Å². The molecule has 0 atom stereocenters. The van der Waals surface area contributed by atoms with Gasteiger partial charge in [-0.3, -0.25) is 0 Å². The monoisotopic (exact) mass is 753 g/mol. The average molecular weight is 754 g/mol. The van der Waals surface area contributed by atoms with E-state index in [1.165, 1.54) is 81.4 Å². The Morgan fingerprint density at radius 3 is 1.48 bits per heavy atom. The SMILES string of the molecule is c1ccc(-c2cccc3cccc(-c4ccc(N(c5ccccc5)c5cc6ccccc6c6c5-c5ccccc5[Si]6(c5ccccc5)c5ccccc5)cc4)c23)cc1. The van der Waals surface area contributed by atoms with Crippen LogP contribution in [0.2, 0.25) is 0 Å². The largest absolute Gasteiger partial charge is 0.310 e. The fourth-order valence-electron chi connectivity index (χ4n) is 9.71. The van der Waals surface area contributed by atoms with Crippen molar-refractivity contribution in [3.63, 3.8) is 0 Å². The lowest BCUT2D eigenvalue weighted by Crippen LogP contribution is -2.73. The van der Waals surface area contributed by atoms with Crippen molar-refractivity contribution < 1.29 is 0 Å². The van der Waals surface area contributed by atoms with Crippen LogP contribution >= 0.6 is 0 Å². The number of para-hydroxylation sites is 1. The van der Waals surface area contributed by atoms with Crippen LogP contribution in [0, 0.1) is 0 Å². The van der Waals surface area contributed by atoms with Gasteiger partial charge in [-0.2, -0.15) is 0 Å². The molecule has 10 aromatic carbocycles. The van der Waals surface area contributed by atoms with Gasteiger partial charge in [-0.05, 0) is 100 Å². The quantitative estimate of drug-likeness (QED) is 0.147. The first-order valence-corrected chi connectivity index (χ1v) is 22.1. The maximum Gasteiger partial charge on any atom is 0.181 e. The van der Waals surface area contributed by atoms with Gasteiger partial charge in [0, 0.05) is 16.9 Å². The van der Waals surface area contributed by atoms with Crippen LogP contribution in [0.3, 0.4) is 0 Å². The summed E-state index contributed by atoms with van der Waals surface area (Å²) in [4.78, 5) is 2.49. The van der Waals surface area contributed by atoms with E-state index in [0.717, 1.165) is 11.4 Å². The molecule has 1 nitrogen and oxygen atoms in total. The number of hydrogen-bond acceptors (Lipinski definition) is 1. The van der Waals surface area contributed by atoms with Gasteiger partial charge in [0.15, 0.2) is 8.07 Å². The molecular formula is C56H39NSi. The number of hydrogen-bond donors (Lipinski definition) is 0. The molecule has 0 aromatic heterocycles. The Bertz CT molecular complexity index is 3040. The van der Waals surface area contributed by atoms with Gasteiger partial charge >= 0.3 is 0 Å². The lowest BCUT2D eigenvalue weighted by atomic mass is 9.91. The number of fused-ring (bicyclic) bond motifs is 6. The highest BCUT2D eigenvalue weighted by Crippen LogP contribution is 2.46. The van der Waals surface area contributed by atoms with E-state index in [2.05, 4.69) is 241 Å². The fraction of sp³-hybridized carbons (Fsp3) is 0. The number of benzene rings is 10. The van der Waals surface area contributed by atoms with Crippen LogP contribution in [-0.2, 0) is 0 Å². The molecule has 0 bridgehead atoms. The van der Waals surface area contributed by atoms with Crippen LogP contribution < -0.4 is 25.6 Å². The predicted octanol–water partition coefficient (Wildman–Crippen LogP) is 12.2. The zero-order valence-electron chi connectivity index (χ0n) is 32.0. The van der Waals surface area contributed by atoms with E-state index in [4.69, 9.17) is 0 Å². The molecule has 0 amide bonds. The molecule has 1 aliphatic rings. The minimum Gasteiger partial charge on any atom is -0.310 e. The van der Waals surface area contributed by atoms with Crippen molar-refractivity contribution in [3.05, 3.63) is 237 Å². The maximum atomic E-state index is 2.49. The summed E-state index contributed by atoms with van der Waals surface area (Å²) < 4.78 is 0. The molecule has 11 rings (SSSR count). The van der Waals surface area contributed by atoms with Crippen LogP contribution in [0.1, 0.15) is 0 Å². The summed E-state index contributed by atoms with van der Waals surface area (Å²) in [6.07, 6.45) is 0. The Hall–Kier alpha value is -7.26. The van der Waals surface area contributed by atoms with Gasteiger partial charge in [-0.1, -0.05) is 206 Å². The van der Waals surface area contributed by atoms with Gasteiger partial charge in [0.2, 0.25) is 0 Å². The first kappa shape index (κ1) is 34.0. The highest BCUT2D eigenvalue weighted by molar-refractivity contribution is 7.23. The molecule has 0 saturated carbocycles. The fourth-order valence-corrected chi connectivity index (χ4v) is 15.1. The molecule has 272 valence electrons. The molecule has 0 fully saturated rings. The van der Waals surface area contributed by atoms with Crippen molar-refractivity contribution in [2.24, 2.45) is 0 Å².